The van der Waals surface area contributed by atoms with Crippen LogP contribution in [-0.2, 0) is 16.4 Å². The zero-order valence-electron chi connectivity index (χ0n) is 18.4. The molecular formula is C19H27N5O5S3. The van der Waals surface area contributed by atoms with E-state index in [-0.39, 0.29) is 40.0 Å². The van der Waals surface area contributed by atoms with Gasteiger partial charge in [-0.1, -0.05) is 27.7 Å². The molecule has 0 spiro atoms. The Bertz CT molecular complexity index is 1170. The maximum atomic E-state index is 12.6. The standard InChI is InChI=1S/C19H27N5O5S3/c1-6-12-8-14(29-9-12)15(11(3)4)21-18-17(22-31(26)23-18)20-13-10-30-19(16(13)25)32(27,28)24(5)7-2/h8-11,15,25H,6-7H2,1-5H3,(H,20,22)(H,21,23)/t15-,31?/m1/s1. The molecule has 176 valence electrons. The predicted molar refractivity (Wildman–Crippen MR) is 125 cm³/mol. The van der Waals surface area contributed by atoms with Crippen LogP contribution in [0.25, 0.3) is 0 Å². The summed E-state index contributed by atoms with van der Waals surface area (Å²) in [7, 11) is -2.38. The average Bonchev–Trinajstić information content (AvgIpc) is 3.45. The molecule has 2 atom stereocenters. The molecule has 3 N–H and O–H groups in total. The van der Waals surface area contributed by atoms with Gasteiger partial charge >= 0.3 is 0 Å². The van der Waals surface area contributed by atoms with Crippen LogP contribution in [0.1, 0.15) is 45.1 Å². The third-order valence-electron chi connectivity index (χ3n) is 4.99. The summed E-state index contributed by atoms with van der Waals surface area (Å²) in [5.74, 6) is 0.772. The number of thiophene rings is 1. The van der Waals surface area contributed by atoms with Crippen LogP contribution in [0.4, 0.5) is 17.3 Å². The lowest BCUT2D eigenvalue weighted by Crippen LogP contribution is -2.25. The van der Waals surface area contributed by atoms with Crippen LogP contribution in [-0.4, -0.2) is 44.7 Å². The van der Waals surface area contributed by atoms with Crippen LogP contribution in [0.5, 0.6) is 5.75 Å². The monoisotopic (exact) mass is 501 g/mol. The first-order chi connectivity index (χ1) is 15.1. The molecule has 0 fully saturated rings. The number of furan rings is 1. The van der Waals surface area contributed by atoms with Crippen LogP contribution < -0.4 is 10.6 Å². The Kier molecular flexibility index (Phi) is 7.45. The van der Waals surface area contributed by atoms with Crippen molar-refractivity contribution in [2.24, 2.45) is 5.92 Å². The first-order valence-corrected chi connectivity index (χ1v) is 13.4. The van der Waals surface area contributed by atoms with E-state index in [9.17, 15) is 18.1 Å². The van der Waals surface area contributed by atoms with Crippen LogP contribution in [0.3, 0.4) is 0 Å². The molecule has 13 heteroatoms. The lowest BCUT2D eigenvalue weighted by Gasteiger charge is -2.19. The van der Waals surface area contributed by atoms with Gasteiger partial charge in [-0.05, 0) is 24.0 Å². The molecule has 1 unspecified atom stereocenters. The van der Waals surface area contributed by atoms with E-state index in [1.165, 1.54) is 12.4 Å². The van der Waals surface area contributed by atoms with E-state index in [0.29, 0.717) is 5.76 Å². The van der Waals surface area contributed by atoms with Crippen molar-refractivity contribution in [3.8, 4) is 5.75 Å². The zero-order chi connectivity index (χ0) is 23.6. The number of aromatic nitrogens is 2. The van der Waals surface area contributed by atoms with Gasteiger partial charge in [-0.2, -0.15) is 0 Å². The number of aryl methyl sites for hydroxylation is 1. The van der Waals surface area contributed by atoms with E-state index in [4.69, 9.17) is 4.42 Å². The van der Waals surface area contributed by atoms with Gasteiger partial charge in [-0.3, -0.25) is 0 Å². The van der Waals surface area contributed by atoms with Gasteiger partial charge in [0.15, 0.2) is 21.1 Å². The van der Waals surface area contributed by atoms with Gasteiger partial charge in [0.1, 0.15) is 5.76 Å². The molecule has 3 heterocycles. The highest BCUT2D eigenvalue weighted by Gasteiger charge is 2.29. The predicted octanol–water partition coefficient (Wildman–Crippen LogP) is 4.32. The summed E-state index contributed by atoms with van der Waals surface area (Å²) in [6.45, 7) is 8.01. The van der Waals surface area contributed by atoms with Crippen molar-refractivity contribution in [3.63, 3.8) is 0 Å². The quantitative estimate of drug-likeness (QED) is 0.346. The number of rotatable bonds is 10. The minimum Gasteiger partial charge on any atom is -0.546 e. The second kappa shape index (κ2) is 9.75. The molecule has 0 aliphatic rings. The summed E-state index contributed by atoms with van der Waals surface area (Å²) in [5.41, 5.74) is 1.20. The third-order valence-corrected chi connectivity index (χ3v) is 9.09. The number of sulfonamides is 1. The van der Waals surface area contributed by atoms with Gasteiger partial charge in [-0.15, -0.1) is 11.3 Å². The van der Waals surface area contributed by atoms with Crippen molar-refractivity contribution in [2.75, 3.05) is 24.2 Å². The van der Waals surface area contributed by atoms with E-state index in [2.05, 4.69) is 19.4 Å². The normalized spacial score (nSPS) is 13.7. The van der Waals surface area contributed by atoms with Crippen LogP contribution in [0.15, 0.2) is 26.3 Å². The van der Waals surface area contributed by atoms with Gasteiger partial charge < -0.3 is 24.7 Å². The van der Waals surface area contributed by atoms with Crippen molar-refractivity contribution in [1.82, 2.24) is 13.1 Å². The van der Waals surface area contributed by atoms with Crippen molar-refractivity contribution in [3.05, 3.63) is 29.0 Å². The number of anilines is 3. The summed E-state index contributed by atoms with van der Waals surface area (Å²) in [5, 5.41) is 18.1. The minimum atomic E-state index is -3.82. The molecule has 0 bridgehead atoms. The third kappa shape index (κ3) is 4.91. The Hall–Kier alpha value is -2.19. The maximum absolute atomic E-state index is 12.6. The number of hydrogen-bond acceptors (Lipinski definition) is 10. The highest BCUT2D eigenvalue weighted by molar-refractivity contribution is 7.91. The fraction of sp³-hybridized carbons (Fsp3) is 0.474. The minimum absolute atomic E-state index is 0.111. The zero-order valence-corrected chi connectivity index (χ0v) is 20.9. The lowest BCUT2D eigenvalue weighted by molar-refractivity contribution is 0.420. The molecule has 0 saturated carbocycles. The Morgan fingerprint density at radius 1 is 1.31 bits per heavy atom. The Morgan fingerprint density at radius 3 is 2.59 bits per heavy atom. The Morgan fingerprint density at radius 2 is 2.00 bits per heavy atom. The maximum Gasteiger partial charge on any atom is 0.256 e. The summed E-state index contributed by atoms with van der Waals surface area (Å²) < 4.78 is 51.9. The highest BCUT2D eigenvalue weighted by Crippen LogP contribution is 2.42. The second-order valence-electron chi connectivity index (χ2n) is 7.52. The molecule has 0 radical (unpaired) electrons. The van der Waals surface area contributed by atoms with E-state index in [0.717, 1.165) is 27.6 Å². The van der Waals surface area contributed by atoms with E-state index in [1.54, 1.807) is 13.2 Å². The van der Waals surface area contributed by atoms with E-state index < -0.39 is 26.9 Å². The molecule has 32 heavy (non-hydrogen) atoms. The SMILES string of the molecule is CCc1coc([C@H](Nc2n[s+]([O-])nc2Nc2csc(S(=O)(=O)N(C)CC)c2O)C(C)C)c1. The number of nitrogens with one attached hydrogen (secondary N) is 2. The fourth-order valence-corrected chi connectivity index (χ4v) is 6.17. The number of hydrogen-bond donors (Lipinski definition) is 3. The van der Waals surface area contributed by atoms with Crippen molar-refractivity contribution < 1.29 is 22.5 Å². The molecule has 0 saturated heterocycles. The van der Waals surface area contributed by atoms with E-state index >= 15 is 0 Å². The van der Waals surface area contributed by atoms with Gasteiger partial charge in [0, 0.05) is 27.7 Å². The smallest absolute Gasteiger partial charge is 0.256 e. The molecular weight excluding hydrogens is 474 g/mol. The number of aromatic hydroxyl groups is 1. The van der Waals surface area contributed by atoms with E-state index in [1.807, 2.05) is 26.8 Å². The van der Waals surface area contributed by atoms with Gasteiger partial charge in [-0.25, -0.2) is 12.7 Å². The molecule has 0 aromatic carbocycles. The first kappa shape index (κ1) is 24.5. The molecule has 0 aliphatic heterocycles. The molecule has 0 aliphatic carbocycles. The second-order valence-corrected chi connectivity index (χ2v) is 11.5. The Labute approximate surface area is 194 Å². The van der Waals surface area contributed by atoms with Gasteiger partial charge in [0.25, 0.3) is 10.0 Å². The van der Waals surface area contributed by atoms with Crippen molar-refractivity contribution >= 4 is 49.8 Å². The summed E-state index contributed by atoms with van der Waals surface area (Å²) >= 11 is -0.964. The fourth-order valence-electron chi connectivity index (χ4n) is 2.94. The molecule has 0 amide bonds. The summed E-state index contributed by atoms with van der Waals surface area (Å²) in [6.07, 6.45) is 2.54. The summed E-state index contributed by atoms with van der Waals surface area (Å²) in [6, 6.07) is 1.70. The first-order valence-electron chi connectivity index (χ1n) is 10.1. The van der Waals surface area contributed by atoms with Crippen LogP contribution >= 0.6 is 22.5 Å². The van der Waals surface area contributed by atoms with Gasteiger partial charge in [0.05, 0.1) is 18.0 Å². The molecule has 3 aromatic heterocycles. The molecule has 10 nitrogen and oxygen atoms in total. The topological polar surface area (TPSA) is 144 Å². The number of nitrogens with zero attached hydrogens (tertiary/aromatic N) is 3. The van der Waals surface area contributed by atoms with Crippen LogP contribution in [0.2, 0.25) is 0 Å². The van der Waals surface area contributed by atoms with Gasteiger partial charge in [0.2, 0.25) is 11.6 Å². The molecule has 3 aromatic rings. The van der Waals surface area contributed by atoms with Crippen molar-refractivity contribution in [1.29, 1.82) is 0 Å². The lowest BCUT2D eigenvalue weighted by atomic mass is 10.0. The Balaban J connectivity index is 1.89. The van der Waals surface area contributed by atoms with Crippen molar-refractivity contribution in [2.45, 2.75) is 44.4 Å². The highest BCUT2D eigenvalue weighted by atomic mass is 32.2. The average molecular weight is 502 g/mol. The van der Waals surface area contributed by atoms with Crippen LogP contribution in [0, 0.1) is 5.92 Å². The largest absolute Gasteiger partial charge is 0.546 e. The molecule has 3 rings (SSSR count). The summed E-state index contributed by atoms with van der Waals surface area (Å²) in [4.78, 5) is 0.